The van der Waals surface area contributed by atoms with Crippen LogP contribution in [0, 0.1) is 0 Å². The summed E-state index contributed by atoms with van der Waals surface area (Å²) in [5.41, 5.74) is 2.56. The number of carbonyl (C=O) groups excluding carboxylic acids is 2. The minimum atomic E-state index is -0.888. The molecular formula is C19H21NO4. The van der Waals surface area contributed by atoms with Gasteiger partial charge < -0.3 is 15.2 Å². The first-order chi connectivity index (χ1) is 11.5. The monoisotopic (exact) mass is 327 g/mol. The van der Waals surface area contributed by atoms with Crippen LogP contribution in [0.4, 0.5) is 5.69 Å². The third kappa shape index (κ3) is 5.12. The highest BCUT2D eigenvalue weighted by Crippen LogP contribution is 2.12. The van der Waals surface area contributed by atoms with Gasteiger partial charge in [0.2, 0.25) is 0 Å². The van der Waals surface area contributed by atoms with Crippen molar-refractivity contribution in [3.8, 4) is 5.75 Å². The zero-order valence-electron chi connectivity index (χ0n) is 13.8. The standard InChI is InChI=1S/C19H21NO4/c1-3-14-4-8-16(9-5-14)20-19(23)13(2)24-18(22)12-15-6-10-17(21)11-7-15/h4-11,13,21H,3,12H2,1-2H3,(H,20,23)/t13-/m0/s1. The number of aromatic hydroxyl groups is 1. The third-order valence-corrected chi connectivity index (χ3v) is 3.59. The quantitative estimate of drug-likeness (QED) is 0.800. The summed E-state index contributed by atoms with van der Waals surface area (Å²) in [6, 6.07) is 13.8. The molecule has 0 aromatic heterocycles. The first-order valence-corrected chi connectivity index (χ1v) is 7.85. The molecule has 1 amide bonds. The van der Waals surface area contributed by atoms with E-state index in [2.05, 4.69) is 12.2 Å². The molecule has 0 aliphatic rings. The molecule has 0 radical (unpaired) electrons. The molecule has 24 heavy (non-hydrogen) atoms. The summed E-state index contributed by atoms with van der Waals surface area (Å²) in [6.45, 7) is 3.59. The zero-order chi connectivity index (χ0) is 17.5. The number of hydrogen-bond acceptors (Lipinski definition) is 4. The van der Waals surface area contributed by atoms with Crippen LogP contribution in [0.1, 0.15) is 25.0 Å². The van der Waals surface area contributed by atoms with E-state index in [0.29, 0.717) is 11.3 Å². The molecule has 0 aliphatic heterocycles. The Hall–Kier alpha value is -2.82. The van der Waals surface area contributed by atoms with Crippen LogP contribution >= 0.6 is 0 Å². The average molecular weight is 327 g/mol. The van der Waals surface area contributed by atoms with Gasteiger partial charge in [-0.1, -0.05) is 31.2 Å². The van der Waals surface area contributed by atoms with Crippen LogP contribution in [0.25, 0.3) is 0 Å². The first-order valence-electron chi connectivity index (χ1n) is 7.85. The molecule has 0 bridgehead atoms. The van der Waals surface area contributed by atoms with Gasteiger partial charge in [-0.3, -0.25) is 9.59 Å². The van der Waals surface area contributed by atoms with Gasteiger partial charge >= 0.3 is 5.97 Å². The fraction of sp³-hybridized carbons (Fsp3) is 0.263. The van der Waals surface area contributed by atoms with Crippen molar-refractivity contribution >= 4 is 17.6 Å². The van der Waals surface area contributed by atoms with E-state index in [1.54, 1.807) is 12.1 Å². The minimum absolute atomic E-state index is 0.0447. The number of aryl methyl sites for hydroxylation is 1. The average Bonchev–Trinajstić information content (AvgIpc) is 2.57. The molecule has 5 nitrogen and oxygen atoms in total. The van der Waals surface area contributed by atoms with Gasteiger partial charge in [0.05, 0.1) is 6.42 Å². The Kier molecular flexibility index (Phi) is 5.95. The number of anilines is 1. The number of nitrogens with one attached hydrogen (secondary N) is 1. The van der Waals surface area contributed by atoms with Crippen LogP contribution in [0.2, 0.25) is 0 Å². The van der Waals surface area contributed by atoms with Gasteiger partial charge in [-0.05, 0) is 48.7 Å². The Labute approximate surface area is 141 Å². The number of esters is 1. The van der Waals surface area contributed by atoms with Crippen molar-refractivity contribution < 1.29 is 19.4 Å². The molecule has 2 aromatic carbocycles. The van der Waals surface area contributed by atoms with Crippen LogP contribution in [0.5, 0.6) is 5.75 Å². The van der Waals surface area contributed by atoms with Crippen LogP contribution in [-0.4, -0.2) is 23.1 Å². The van der Waals surface area contributed by atoms with Crippen molar-refractivity contribution in [1.82, 2.24) is 0 Å². The van der Waals surface area contributed by atoms with E-state index < -0.39 is 12.1 Å². The normalized spacial score (nSPS) is 11.6. The van der Waals surface area contributed by atoms with E-state index in [1.165, 1.54) is 24.6 Å². The molecule has 126 valence electrons. The lowest BCUT2D eigenvalue weighted by Gasteiger charge is -2.14. The highest BCUT2D eigenvalue weighted by Gasteiger charge is 2.18. The van der Waals surface area contributed by atoms with Gasteiger partial charge in [0.1, 0.15) is 5.75 Å². The SMILES string of the molecule is CCc1ccc(NC(=O)[C@H](C)OC(=O)Cc2ccc(O)cc2)cc1. The number of rotatable bonds is 6. The zero-order valence-corrected chi connectivity index (χ0v) is 13.8. The van der Waals surface area contributed by atoms with Crippen LogP contribution in [-0.2, 0) is 27.2 Å². The number of phenols is 1. The molecule has 0 unspecified atom stereocenters. The van der Waals surface area contributed by atoms with E-state index in [-0.39, 0.29) is 18.1 Å². The molecule has 0 spiro atoms. The number of hydrogen-bond donors (Lipinski definition) is 2. The van der Waals surface area contributed by atoms with Gasteiger partial charge in [-0.15, -0.1) is 0 Å². The molecule has 0 fully saturated rings. The van der Waals surface area contributed by atoms with E-state index in [9.17, 15) is 14.7 Å². The Morgan fingerprint density at radius 3 is 2.21 bits per heavy atom. The van der Waals surface area contributed by atoms with Crippen LogP contribution in [0.3, 0.4) is 0 Å². The Balaban J connectivity index is 1.85. The van der Waals surface area contributed by atoms with Gasteiger partial charge in [-0.25, -0.2) is 0 Å². The summed E-state index contributed by atoms with van der Waals surface area (Å²) >= 11 is 0. The highest BCUT2D eigenvalue weighted by molar-refractivity contribution is 5.95. The second-order valence-electron chi connectivity index (χ2n) is 5.52. The highest BCUT2D eigenvalue weighted by atomic mass is 16.5. The fourth-order valence-corrected chi connectivity index (χ4v) is 2.14. The van der Waals surface area contributed by atoms with Crippen molar-refractivity contribution in [3.63, 3.8) is 0 Å². The van der Waals surface area contributed by atoms with Crippen molar-refractivity contribution in [2.75, 3.05) is 5.32 Å². The molecule has 0 saturated heterocycles. The fourth-order valence-electron chi connectivity index (χ4n) is 2.14. The summed E-state index contributed by atoms with van der Waals surface area (Å²) in [7, 11) is 0. The summed E-state index contributed by atoms with van der Waals surface area (Å²) in [4.78, 5) is 24.0. The summed E-state index contributed by atoms with van der Waals surface area (Å²) in [5, 5.41) is 11.9. The Morgan fingerprint density at radius 1 is 1.04 bits per heavy atom. The van der Waals surface area contributed by atoms with Gasteiger partial charge in [-0.2, -0.15) is 0 Å². The molecule has 1 atom stereocenters. The molecule has 2 aromatic rings. The summed E-state index contributed by atoms with van der Waals surface area (Å²) < 4.78 is 5.15. The smallest absolute Gasteiger partial charge is 0.311 e. The molecule has 2 N–H and O–H groups in total. The van der Waals surface area contributed by atoms with Gasteiger partial charge in [0, 0.05) is 5.69 Å². The van der Waals surface area contributed by atoms with E-state index in [1.807, 2.05) is 24.3 Å². The van der Waals surface area contributed by atoms with E-state index in [0.717, 1.165) is 6.42 Å². The maximum Gasteiger partial charge on any atom is 0.311 e. The lowest BCUT2D eigenvalue weighted by atomic mass is 10.1. The van der Waals surface area contributed by atoms with Crippen LogP contribution < -0.4 is 5.32 Å². The molecule has 5 heteroatoms. The van der Waals surface area contributed by atoms with Gasteiger partial charge in [0.15, 0.2) is 6.10 Å². The predicted octanol–water partition coefficient (Wildman–Crippen LogP) is 3.07. The molecule has 0 aliphatic carbocycles. The lowest BCUT2D eigenvalue weighted by Crippen LogP contribution is -2.30. The Morgan fingerprint density at radius 2 is 1.62 bits per heavy atom. The van der Waals surface area contributed by atoms with Crippen molar-refractivity contribution in [2.45, 2.75) is 32.8 Å². The number of phenolic OH excluding ortho intramolecular Hbond substituents is 1. The Bertz CT molecular complexity index is 692. The van der Waals surface area contributed by atoms with Crippen LogP contribution in [0.15, 0.2) is 48.5 Å². The van der Waals surface area contributed by atoms with Crippen molar-refractivity contribution in [3.05, 3.63) is 59.7 Å². The number of ether oxygens (including phenoxy) is 1. The minimum Gasteiger partial charge on any atom is -0.508 e. The maximum atomic E-state index is 12.1. The van der Waals surface area contributed by atoms with Gasteiger partial charge in [0.25, 0.3) is 5.91 Å². The molecule has 2 rings (SSSR count). The van der Waals surface area contributed by atoms with E-state index >= 15 is 0 Å². The molecular weight excluding hydrogens is 306 g/mol. The van der Waals surface area contributed by atoms with E-state index in [4.69, 9.17) is 4.74 Å². The number of benzene rings is 2. The maximum absolute atomic E-state index is 12.1. The second-order valence-corrected chi connectivity index (χ2v) is 5.52. The predicted molar refractivity (Wildman–Crippen MR) is 91.8 cm³/mol. The summed E-state index contributed by atoms with van der Waals surface area (Å²) in [5.74, 6) is -0.739. The molecule has 0 heterocycles. The van der Waals surface area contributed by atoms with Crippen molar-refractivity contribution in [2.24, 2.45) is 0 Å². The second kappa shape index (κ2) is 8.15. The topological polar surface area (TPSA) is 75.6 Å². The van der Waals surface area contributed by atoms with Crippen molar-refractivity contribution in [1.29, 1.82) is 0 Å². The lowest BCUT2D eigenvalue weighted by molar-refractivity contribution is -0.152. The molecule has 0 saturated carbocycles. The first kappa shape index (κ1) is 17.5. The third-order valence-electron chi connectivity index (χ3n) is 3.59. The number of carbonyl (C=O) groups is 2. The largest absolute Gasteiger partial charge is 0.508 e. The summed E-state index contributed by atoms with van der Waals surface area (Å²) in [6.07, 6.45) is 0.0863. The number of amides is 1.